The molecule has 0 saturated carbocycles. The molecule has 2 rings (SSSR count). The van der Waals surface area contributed by atoms with Crippen LogP contribution in [-0.4, -0.2) is 28.5 Å². The van der Waals surface area contributed by atoms with E-state index in [2.05, 4.69) is 16.2 Å². The van der Waals surface area contributed by atoms with Crippen molar-refractivity contribution in [1.82, 2.24) is 16.2 Å². The highest BCUT2D eigenvalue weighted by atomic mass is 32.1. The van der Waals surface area contributed by atoms with Crippen LogP contribution in [0.5, 0.6) is 5.75 Å². The molecule has 27 heavy (non-hydrogen) atoms. The second kappa shape index (κ2) is 9.20. The number of hydrogen-bond acceptors (Lipinski definition) is 6. The Kier molecular flexibility index (Phi) is 6.72. The summed E-state index contributed by atoms with van der Waals surface area (Å²) in [6.07, 6.45) is 0. The van der Waals surface area contributed by atoms with Crippen LogP contribution in [0.2, 0.25) is 0 Å². The second-order valence-electron chi connectivity index (χ2n) is 5.00. The lowest BCUT2D eigenvalue weighted by Crippen LogP contribution is -2.49. The van der Waals surface area contributed by atoms with Crippen molar-refractivity contribution >= 4 is 34.8 Å². The number of carbonyl (C=O) groups excluding carboxylic acids is 2. The van der Waals surface area contributed by atoms with E-state index in [0.29, 0.717) is 0 Å². The summed E-state index contributed by atoms with van der Waals surface area (Å²) in [7, 11) is 0. The van der Waals surface area contributed by atoms with Crippen molar-refractivity contribution < 1.29 is 23.6 Å². The van der Waals surface area contributed by atoms with E-state index < -0.39 is 22.6 Å². The number of hydrogen-bond donors (Lipinski definition) is 3. The van der Waals surface area contributed by atoms with Crippen LogP contribution in [0.1, 0.15) is 10.4 Å². The van der Waals surface area contributed by atoms with Crippen LogP contribution in [0.3, 0.4) is 0 Å². The second-order valence-corrected chi connectivity index (χ2v) is 5.41. The number of non-ortho nitro benzene ring substituents is 1. The number of halogens is 1. The molecule has 2 amide bonds. The molecular weight excluding hydrogens is 379 g/mol. The number of nitrogens with zero attached hydrogens (tertiary/aromatic N) is 1. The Balaban J connectivity index is 1.72. The van der Waals surface area contributed by atoms with Crippen molar-refractivity contribution in [3.05, 3.63) is 70.0 Å². The molecule has 0 fully saturated rings. The smallest absolute Gasteiger partial charge is 0.276 e. The van der Waals surface area contributed by atoms with Crippen molar-refractivity contribution in [2.24, 2.45) is 0 Å². The number of nitrogens with one attached hydrogen (secondary N) is 3. The molecule has 0 aliphatic rings. The summed E-state index contributed by atoms with van der Waals surface area (Å²) in [5.74, 6) is -1.40. The minimum atomic E-state index is -0.605. The molecule has 2 aromatic rings. The summed E-state index contributed by atoms with van der Waals surface area (Å²) in [6.45, 7) is -0.390. The topological polar surface area (TPSA) is 123 Å². The first-order chi connectivity index (χ1) is 12.8. The van der Waals surface area contributed by atoms with Crippen molar-refractivity contribution in [2.45, 2.75) is 0 Å². The van der Waals surface area contributed by atoms with E-state index in [4.69, 9.17) is 17.0 Å². The van der Waals surface area contributed by atoms with Crippen molar-refractivity contribution in [1.29, 1.82) is 0 Å². The third-order valence-corrected chi connectivity index (χ3v) is 3.27. The number of benzene rings is 2. The van der Waals surface area contributed by atoms with Crippen LogP contribution >= 0.6 is 12.2 Å². The van der Waals surface area contributed by atoms with E-state index in [1.807, 2.05) is 0 Å². The van der Waals surface area contributed by atoms with Gasteiger partial charge in [-0.3, -0.25) is 35.9 Å². The van der Waals surface area contributed by atoms with E-state index in [-0.39, 0.29) is 28.7 Å². The molecule has 0 saturated heterocycles. The maximum atomic E-state index is 12.8. The quantitative estimate of drug-likeness (QED) is 0.400. The largest absolute Gasteiger partial charge is 0.484 e. The highest BCUT2D eigenvalue weighted by molar-refractivity contribution is 7.80. The lowest BCUT2D eigenvalue weighted by Gasteiger charge is -2.11. The van der Waals surface area contributed by atoms with Gasteiger partial charge in [-0.1, -0.05) is 0 Å². The molecule has 0 aliphatic carbocycles. The minimum Gasteiger partial charge on any atom is -0.484 e. The molecular formula is C16H13FN4O5S. The number of ether oxygens (including phenoxy) is 1. The summed E-state index contributed by atoms with van der Waals surface area (Å²) < 4.78 is 18.0. The number of carbonyl (C=O) groups is 2. The third-order valence-electron chi connectivity index (χ3n) is 3.07. The molecule has 0 radical (unpaired) electrons. The standard InChI is InChI=1S/C16H13FN4O5S/c17-11-3-1-10(2-4-11)15(23)18-16(27)20-19-14(22)9-26-13-7-5-12(6-8-13)21(24)25/h1-8H,9H2,(H,19,22)(H2,18,20,23,27). The van der Waals surface area contributed by atoms with Gasteiger partial charge in [0, 0.05) is 17.7 Å². The zero-order valence-corrected chi connectivity index (χ0v) is 14.4. The molecule has 0 atom stereocenters. The summed E-state index contributed by atoms with van der Waals surface area (Å²) in [5, 5.41) is 12.7. The van der Waals surface area contributed by atoms with E-state index in [1.165, 1.54) is 36.4 Å². The van der Waals surface area contributed by atoms with E-state index in [0.717, 1.165) is 12.1 Å². The highest BCUT2D eigenvalue weighted by Crippen LogP contribution is 2.16. The van der Waals surface area contributed by atoms with Crippen molar-refractivity contribution in [3.63, 3.8) is 0 Å². The molecule has 0 unspecified atom stereocenters. The fourth-order valence-corrected chi connectivity index (χ4v) is 1.93. The van der Waals surface area contributed by atoms with Gasteiger partial charge in [0.15, 0.2) is 11.7 Å². The summed E-state index contributed by atoms with van der Waals surface area (Å²) in [4.78, 5) is 33.5. The van der Waals surface area contributed by atoms with Crippen LogP contribution in [0.25, 0.3) is 0 Å². The molecule has 0 aromatic heterocycles. The first kappa shape index (κ1) is 19.7. The predicted molar refractivity (Wildman–Crippen MR) is 96.3 cm³/mol. The normalized spacial score (nSPS) is 9.81. The van der Waals surface area contributed by atoms with Crippen LogP contribution in [0.15, 0.2) is 48.5 Å². The molecule has 0 heterocycles. The monoisotopic (exact) mass is 392 g/mol. The number of nitro groups is 1. The summed E-state index contributed by atoms with van der Waals surface area (Å²) in [6, 6.07) is 10.0. The van der Waals surface area contributed by atoms with Crippen LogP contribution in [0, 0.1) is 15.9 Å². The highest BCUT2D eigenvalue weighted by Gasteiger charge is 2.10. The lowest BCUT2D eigenvalue weighted by atomic mass is 10.2. The van der Waals surface area contributed by atoms with Crippen LogP contribution < -0.4 is 20.9 Å². The lowest BCUT2D eigenvalue weighted by molar-refractivity contribution is -0.384. The zero-order valence-electron chi connectivity index (χ0n) is 13.6. The molecule has 11 heteroatoms. The number of rotatable bonds is 5. The van der Waals surface area contributed by atoms with Gasteiger partial charge in [-0.25, -0.2) is 4.39 Å². The SMILES string of the molecule is O=C(COc1ccc([N+](=O)[O-])cc1)NNC(=S)NC(=O)c1ccc(F)cc1. The zero-order chi connectivity index (χ0) is 19.8. The average Bonchev–Trinajstić information content (AvgIpc) is 2.65. The van der Waals surface area contributed by atoms with Crippen molar-refractivity contribution in [2.75, 3.05) is 6.61 Å². The Bertz CT molecular complexity index is 858. The predicted octanol–water partition coefficient (Wildman–Crippen LogP) is 1.45. The molecule has 0 aliphatic heterocycles. The first-order valence-electron chi connectivity index (χ1n) is 7.38. The first-order valence-corrected chi connectivity index (χ1v) is 7.79. The Morgan fingerprint density at radius 1 is 1.07 bits per heavy atom. The third kappa shape index (κ3) is 6.32. The van der Waals surface area contributed by atoms with E-state index in [9.17, 15) is 24.1 Å². The Hall–Kier alpha value is -3.60. The van der Waals surface area contributed by atoms with E-state index >= 15 is 0 Å². The van der Waals surface area contributed by atoms with Crippen LogP contribution in [0.4, 0.5) is 10.1 Å². The molecule has 0 spiro atoms. The Morgan fingerprint density at radius 2 is 1.70 bits per heavy atom. The van der Waals surface area contributed by atoms with Gasteiger partial charge in [-0.15, -0.1) is 0 Å². The van der Waals surface area contributed by atoms with Gasteiger partial charge in [-0.05, 0) is 48.6 Å². The fraction of sp³-hybridized carbons (Fsp3) is 0.0625. The summed E-state index contributed by atoms with van der Waals surface area (Å²) >= 11 is 4.85. The van der Waals surface area contributed by atoms with E-state index in [1.54, 1.807) is 0 Å². The maximum absolute atomic E-state index is 12.8. The molecule has 3 N–H and O–H groups in total. The van der Waals surface area contributed by atoms with Gasteiger partial charge in [0.05, 0.1) is 4.92 Å². The molecule has 2 aromatic carbocycles. The number of thiocarbonyl (C=S) groups is 1. The molecule has 0 bridgehead atoms. The maximum Gasteiger partial charge on any atom is 0.276 e. The number of amides is 2. The van der Waals surface area contributed by atoms with Crippen LogP contribution in [-0.2, 0) is 4.79 Å². The van der Waals surface area contributed by atoms with Gasteiger partial charge < -0.3 is 4.74 Å². The Morgan fingerprint density at radius 3 is 2.30 bits per heavy atom. The fourth-order valence-electron chi connectivity index (χ4n) is 1.78. The average molecular weight is 392 g/mol. The van der Waals surface area contributed by atoms with Gasteiger partial charge >= 0.3 is 0 Å². The van der Waals surface area contributed by atoms with Gasteiger partial charge in [0.1, 0.15) is 11.6 Å². The van der Waals surface area contributed by atoms with Gasteiger partial charge in [0.25, 0.3) is 17.5 Å². The Labute approximate surface area is 157 Å². The van der Waals surface area contributed by atoms with Gasteiger partial charge in [-0.2, -0.15) is 0 Å². The summed E-state index contributed by atoms with van der Waals surface area (Å²) in [5.41, 5.74) is 4.61. The number of hydrazine groups is 1. The number of nitro benzene ring substituents is 1. The minimum absolute atomic E-state index is 0.101. The molecule has 140 valence electrons. The van der Waals surface area contributed by atoms with Crippen molar-refractivity contribution in [3.8, 4) is 5.75 Å². The molecule has 9 nitrogen and oxygen atoms in total. The van der Waals surface area contributed by atoms with Gasteiger partial charge in [0.2, 0.25) is 0 Å².